The van der Waals surface area contributed by atoms with Gasteiger partial charge in [-0.2, -0.15) is 4.39 Å². The van der Waals surface area contributed by atoms with Gasteiger partial charge in [0, 0.05) is 41.5 Å². The number of aliphatic hydroxyl groups excluding tert-OH is 1. The third-order valence-electron chi connectivity index (χ3n) is 4.33. The van der Waals surface area contributed by atoms with E-state index in [9.17, 15) is 9.50 Å². The molecule has 0 radical (unpaired) electrons. The predicted molar refractivity (Wildman–Crippen MR) is 98.5 cm³/mol. The van der Waals surface area contributed by atoms with Crippen LogP contribution in [0.5, 0.6) is 0 Å². The topological polar surface area (TPSA) is 62.1 Å². The Morgan fingerprint density at radius 2 is 1.85 bits per heavy atom. The number of benzene rings is 1. The summed E-state index contributed by atoms with van der Waals surface area (Å²) in [6.07, 6.45) is 1.76. The van der Waals surface area contributed by atoms with Crippen molar-refractivity contribution in [1.29, 1.82) is 0 Å². The summed E-state index contributed by atoms with van der Waals surface area (Å²) in [6, 6.07) is 12.2. The summed E-state index contributed by atoms with van der Waals surface area (Å²) in [5.41, 5.74) is 2.25. The fraction of sp³-hybridized carbons (Fsp3) is 0.211. The van der Waals surface area contributed by atoms with Gasteiger partial charge in [-0.25, -0.2) is 15.0 Å². The Hall–Kier alpha value is -2.57. The molecule has 0 amide bonds. The minimum absolute atomic E-state index is 0.361. The third kappa shape index (κ3) is 3.52. The first-order chi connectivity index (χ1) is 12.6. The standard InChI is InChI=1S/C19H16ClFN4O/c20-14-4-1-12(2-5-14)16-9-18(25-8-7-15(26)11-25)24-19(23-16)13-3-6-17(21)22-10-13/h1-6,9-10,15,26H,7-8,11H2. The molecular formula is C19H16ClFN4O. The van der Waals surface area contributed by atoms with Gasteiger partial charge in [0.25, 0.3) is 0 Å². The molecule has 1 aliphatic rings. The lowest BCUT2D eigenvalue weighted by Crippen LogP contribution is -2.22. The first-order valence-electron chi connectivity index (χ1n) is 8.28. The van der Waals surface area contributed by atoms with Crippen LogP contribution in [-0.4, -0.2) is 39.3 Å². The van der Waals surface area contributed by atoms with Crippen molar-refractivity contribution in [3.8, 4) is 22.6 Å². The number of nitrogens with zero attached hydrogens (tertiary/aromatic N) is 4. The van der Waals surface area contributed by atoms with Crippen LogP contribution in [0.25, 0.3) is 22.6 Å². The van der Waals surface area contributed by atoms with Crippen LogP contribution in [0.3, 0.4) is 0 Å². The molecule has 1 saturated heterocycles. The molecular weight excluding hydrogens is 355 g/mol. The molecule has 1 fully saturated rings. The van der Waals surface area contributed by atoms with E-state index in [2.05, 4.69) is 15.0 Å². The number of aliphatic hydroxyl groups is 1. The number of halogens is 2. The van der Waals surface area contributed by atoms with E-state index in [1.165, 1.54) is 12.3 Å². The van der Waals surface area contributed by atoms with Crippen LogP contribution < -0.4 is 4.90 Å². The quantitative estimate of drug-likeness (QED) is 0.714. The zero-order chi connectivity index (χ0) is 18.1. The Balaban J connectivity index is 1.81. The summed E-state index contributed by atoms with van der Waals surface area (Å²) in [5, 5.41) is 10.5. The second-order valence-electron chi connectivity index (χ2n) is 6.20. The first-order valence-corrected chi connectivity index (χ1v) is 8.66. The molecule has 0 bridgehead atoms. The molecule has 4 rings (SSSR count). The van der Waals surface area contributed by atoms with Crippen LogP contribution in [0.4, 0.5) is 10.2 Å². The Kier molecular flexibility index (Phi) is 4.53. The highest BCUT2D eigenvalue weighted by atomic mass is 35.5. The van der Waals surface area contributed by atoms with E-state index in [4.69, 9.17) is 11.6 Å². The zero-order valence-corrected chi connectivity index (χ0v) is 14.6. The maximum absolute atomic E-state index is 13.2. The van der Waals surface area contributed by atoms with E-state index in [-0.39, 0.29) is 6.10 Å². The fourth-order valence-electron chi connectivity index (χ4n) is 2.95. The smallest absolute Gasteiger partial charge is 0.212 e. The molecule has 2 aromatic heterocycles. The highest BCUT2D eigenvalue weighted by Gasteiger charge is 2.23. The van der Waals surface area contributed by atoms with Crippen molar-refractivity contribution in [2.24, 2.45) is 0 Å². The van der Waals surface area contributed by atoms with Gasteiger partial charge in [0.2, 0.25) is 5.95 Å². The normalized spacial score (nSPS) is 16.9. The lowest BCUT2D eigenvalue weighted by atomic mass is 10.1. The number of aromatic nitrogens is 3. The monoisotopic (exact) mass is 370 g/mol. The third-order valence-corrected chi connectivity index (χ3v) is 4.58. The van der Waals surface area contributed by atoms with Crippen molar-refractivity contribution in [2.75, 3.05) is 18.0 Å². The van der Waals surface area contributed by atoms with Crippen molar-refractivity contribution in [1.82, 2.24) is 15.0 Å². The van der Waals surface area contributed by atoms with Gasteiger partial charge in [0.1, 0.15) is 5.82 Å². The van der Waals surface area contributed by atoms with Gasteiger partial charge in [0.05, 0.1) is 11.8 Å². The van der Waals surface area contributed by atoms with E-state index in [1.807, 2.05) is 23.1 Å². The van der Waals surface area contributed by atoms with Crippen LogP contribution >= 0.6 is 11.6 Å². The summed E-state index contributed by atoms with van der Waals surface area (Å²) in [7, 11) is 0. The van der Waals surface area contributed by atoms with Crippen molar-refractivity contribution in [2.45, 2.75) is 12.5 Å². The van der Waals surface area contributed by atoms with E-state index < -0.39 is 5.95 Å². The average molecular weight is 371 g/mol. The number of β-amino-alcohol motifs (C(OH)–C–C–N with tert-alkyl or cyclic N) is 1. The summed E-state index contributed by atoms with van der Waals surface area (Å²) in [4.78, 5) is 14.9. The molecule has 1 atom stereocenters. The second kappa shape index (κ2) is 6.97. The molecule has 0 spiro atoms. The number of hydrogen-bond donors (Lipinski definition) is 1. The largest absolute Gasteiger partial charge is 0.391 e. The number of pyridine rings is 1. The van der Waals surface area contributed by atoms with Crippen LogP contribution in [-0.2, 0) is 0 Å². The minimum atomic E-state index is -0.550. The summed E-state index contributed by atoms with van der Waals surface area (Å²) in [6.45, 7) is 1.25. The Morgan fingerprint density at radius 3 is 2.50 bits per heavy atom. The Bertz CT molecular complexity index is 854. The molecule has 7 heteroatoms. The second-order valence-corrected chi connectivity index (χ2v) is 6.64. The fourth-order valence-corrected chi connectivity index (χ4v) is 3.08. The lowest BCUT2D eigenvalue weighted by molar-refractivity contribution is 0.198. The van der Waals surface area contributed by atoms with Crippen LogP contribution in [0.2, 0.25) is 5.02 Å². The van der Waals surface area contributed by atoms with E-state index in [0.29, 0.717) is 29.4 Å². The van der Waals surface area contributed by atoms with Gasteiger partial charge in [-0.3, -0.25) is 0 Å². The first kappa shape index (κ1) is 16.9. The highest BCUT2D eigenvalue weighted by molar-refractivity contribution is 6.30. The predicted octanol–water partition coefficient (Wildman–Crippen LogP) is 3.57. The van der Waals surface area contributed by atoms with Gasteiger partial charge in [0.15, 0.2) is 5.82 Å². The Morgan fingerprint density at radius 1 is 1.08 bits per heavy atom. The van der Waals surface area contributed by atoms with Gasteiger partial charge in [-0.1, -0.05) is 23.7 Å². The highest BCUT2D eigenvalue weighted by Crippen LogP contribution is 2.28. The SMILES string of the molecule is OC1CCN(c2cc(-c3ccc(Cl)cc3)nc(-c3ccc(F)nc3)n2)C1. The molecule has 1 N–H and O–H groups in total. The molecule has 0 saturated carbocycles. The van der Waals surface area contributed by atoms with Crippen LogP contribution in [0, 0.1) is 5.95 Å². The van der Waals surface area contributed by atoms with E-state index in [0.717, 1.165) is 23.6 Å². The van der Waals surface area contributed by atoms with Gasteiger partial charge in [-0.05, 0) is 30.7 Å². The zero-order valence-electron chi connectivity index (χ0n) is 13.8. The van der Waals surface area contributed by atoms with Crippen molar-refractivity contribution in [3.05, 3.63) is 59.6 Å². The maximum atomic E-state index is 13.2. The van der Waals surface area contributed by atoms with Crippen molar-refractivity contribution < 1.29 is 9.50 Å². The van der Waals surface area contributed by atoms with Crippen LogP contribution in [0.15, 0.2) is 48.7 Å². The molecule has 0 aliphatic carbocycles. The molecule has 3 aromatic rings. The summed E-state index contributed by atoms with van der Waals surface area (Å²) in [5.74, 6) is 0.632. The van der Waals surface area contributed by atoms with Crippen LogP contribution in [0.1, 0.15) is 6.42 Å². The minimum Gasteiger partial charge on any atom is -0.391 e. The maximum Gasteiger partial charge on any atom is 0.212 e. The average Bonchev–Trinajstić information content (AvgIpc) is 3.09. The number of rotatable bonds is 3. The van der Waals surface area contributed by atoms with E-state index >= 15 is 0 Å². The molecule has 26 heavy (non-hydrogen) atoms. The van der Waals surface area contributed by atoms with Crippen molar-refractivity contribution >= 4 is 17.4 Å². The van der Waals surface area contributed by atoms with E-state index in [1.54, 1.807) is 18.2 Å². The number of anilines is 1. The molecule has 1 unspecified atom stereocenters. The van der Waals surface area contributed by atoms with Gasteiger partial charge < -0.3 is 10.0 Å². The molecule has 132 valence electrons. The van der Waals surface area contributed by atoms with Gasteiger partial charge >= 0.3 is 0 Å². The molecule has 1 aromatic carbocycles. The summed E-state index contributed by atoms with van der Waals surface area (Å²) < 4.78 is 13.2. The molecule has 5 nitrogen and oxygen atoms in total. The number of hydrogen-bond acceptors (Lipinski definition) is 5. The lowest BCUT2D eigenvalue weighted by Gasteiger charge is -2.18. The molecule has 1 aliphatic heterocycles. The molecule has 3 heterocycles. The van der Waals surface area contributed by atoms with Gasteiger partial charge in [-0.15, -0.1) is 0 Å². The Labute approximate surface area is 155 Å². The van der Waals surface area contributed by atoms with Crippen molar-refractivity contribution in [3.63, 3.8) is 0 Å². The summed E-state index contributed by atoms with van der Waals surface area (Å²) >= 11 is 5.98.